The van der Waals surface area contributed by atoms with E-state index in [2.05, 4.69) is 20.4 Å². The maximum Gasteiger partial charge on any atom is 0.432 e. The Kier molecular flexibility index (Phi) is 4.44. The van der Waals surface area contributed by atoms with Crippen LogP contribution in [-0.2, 0) is 0 Å². The van der Waals surface area contributed by atoms with Crippen LogP contribution < -0.4 is 10.2 Å². The standard InChI is InChI=1S/C20H16FN5O2/c1-12-11-26(17-6-7-22-9-16(12)17)25-20(27)28-18-10-23-19(24-13(18)2)14-4-3-5-15(21)8-14/h3-11H,1-2H3,(H,25,27). The van der Waals surface area contributed by atoms with Gasteiger partial charge in [0.15, 0.2) is 11.6 Å². The van der Waals surface area contributed by atoms with Gasteiger partial charge in [0.05, 0.1) is 17.4 Å². The largest absolute Gasteiger partial charge is 0.432 e. The molecule has 0 saturated carbocycles. The highest BCUT2D eigenvalue weighted by Crippen LogP contribution is 2.22. The molecule has 140 valence electrons. The average Bonchev–Trinajstić information content (AvgIpc) is 2.99. The smallest absolute Gasteiger partial charge is 0.406 e. The van der Waals surface area contributed by atoms with Crippen molar-refractivity contribution in [1.29, 1.82) is 0 Å². The van der Waals surface area contributed by atoms with Crippen LogP contribution in [0, 0.1) is 19.7 Å². The highest BCUT2D eigenvalue weighted by molar-refractivity contribution is 5.86. The van der Waals surface area contributed by atoms with Gasteiger partial charge in [0.1, 0.15) is 5.82 Å². The highest BCUT2D eigenvalue weighted by Gasteiger charge is 2.13. The molecule has 0 radical (unpaired) electrons. The van der Waals surface area contributed by atoms with E-state index in [0.29, 0.717) is 17.1 Å². The molecule has 0 aliphatic heterocycles. The first-order valence-corrected chi connectivity index (χ1v) is 8.51. The Morgan fingerprint density at radius 2 is 2.07 bits per heavy atom. The number of aromatic nitrogens is 4. The van der Waals surface area contributed by atoms with Crippen LogP contribution in [0.25, 0.3) is 22.3 Å². The lowest BCUT2D eigenvalue weighted by Gasteiger charge is -2.10. The van der Waals surface area contributed by atoms with Crippen molar-refractivity contribution in [1.82, 2.24) is 19.6 Å². The van der Waals surface area contributed by atoms with Crippen LogP contribution in [0.5, 0.6) is 5.75 Å². The molecule has 0 aliphatic rings. The predicted molar refractivity (Wildman–Crippen MR) is 102 cm³/mol. The van der Waals surface area contributed by atoms with Gasteiger partial charge in [0.25, 0.3) is 0 Å². The molecule has 0 fully saturated rings. The lowest BCUT2D eigenvalue weighted by Crippen LogP contribution is -2.25. The van der Waals surface area contributed by atoms with Crippen molar-refractivity contribution in [2.24, 2.45) is 0 Å². The van der Waals surface area contributed by atoms with Crippen LogP contribution in [0.1, 0.15) is 11.3 Å². The van der Waals surface area contributed by atoms with Crippen LogP contribution in [-0.4, -0.2) is 25.7 Å². The van der Waals surface area contributed by atoms with E-state index in [1.807, 2.05) is 6.92 Å². The van der Waals surface area contributed by atoms with E-state index in [1.54, 1.807) is 48.4 Å². The van der Waals surface area contributed by atoms with Crippen LogP contribution >= 0.6 is 0 Å². The normalized spacial score (nSPS) is 10.8. The summed E-state index contributed by atoms with van der Waals surface area (Å²) in [5.74, 6) is 0.194. The molecule has 3 heterocycles. The van der Waals surface area contributed by atoms with Crippen LogP contribution in [0.2, 0.25) is 0 Å². The maximum atomic E-state index is 13.4. The Morgan fingerprint density at radius 1 is 1.21 bits per heavy atom. The second kappa shape index (κ2) is 7.07. The zero-order valence-corrected chi connectivity index (χ0v) is 15.2. The SMILES string of the molecule is Cc1nc(-c2cccc(F)c2)ncc1OC(=O)Nn1cc(C)c2cnccc21. The Hall–Kier alpha value is -3.81. The molecule has 4 rings (SSSR count). The number of hydrogen-bond acceptors (Lipinski definition) is 5. The van der Waals surface area contributed by atoms with E-state index in [4.69, 9.17) is 4.74 Å². The van der Waals surface area contributed by atoms with Crippen molar-refractivity contribution in [3.63, 3.8) is 0 Å². The summed E-state index contributed by atoms with van der Waals surface area (Å²) in [4.78, 5) is 24.9. The number of ether oxygens (including phenoxy) is 1. The lowest BCUT2D eigenvalue weighted by molar-refractivity contribution is 0.211. The molecule has 0 unspecified atom stereocenters. The third-order valence-electron chi connectivity index (χ3n) is 4.24. The zero-order valence-electron chi connectivity index (χ0n) is 15.2. The van der Waals surface area contributed by atoms with Gasteiger partial charge in [0, 0.05) is 29.5 Å². The number of halogens is 1. The van der Waals surface area contributed by atoms with E-state index in [9.17, 15) is 9.18 Å². The topological polar surface area (TPSA) is 81.9 Å². The van der Waals surface area contributed by atoms with Gasteiger partial charge < -0.3 is 4.74 Å². The van der Waals surface area contributed by atoms with Gasteiger partial charge in [-0.15, -0.1) is 0 Å². The van der Waals surface area contributed by atoms with Gasteiger partial charge in [-0.2, -0.15) is 0 Å². The zero-order chi connectivity index (χ0) is 19.7. The first kappa shape index (κ1) is 17.6. The predicted octanol–water partition coefficient (Wildman–Crippen LogP) is 3.99. The number of carbonyl (C=O) groups is 1. The summed E-state index contributed by atoms with van der Waals surface area (Å²) < 4.78 is 20.3. The fourth-order valence-corrected chi connectivity index (χ4v) is 2.87. The van der Waals surface area contributed by atoms with E-state index in [0.717, 1.165) is 16.5 Å². The van der Waals surface area contributed by atoms with Gasteiger partial charge >= 0.3 is 6.09 Å². The molecule has 4 aromatic rings. The highest BCUT2D eigenvalue weighted by atomic mass is 19.1. The monoisotopic (exact) mass is 377 g/mol. The minimum absolute atomic E-state index is 0.215. The van der Waals surface area contributed by atoms with E-state index < -0.39 is 6.09 Å². The summed E-state index contributed by atoms with van der Waals surface area (Å²) in [5, 5.41) is 0.932. The summed E-state index contributed by atoms with van der Waals surface area (Å²) >= 11 is 0. The summed E-state index contributed by atoms with van der Waals surface area (Å²) in [7, 11) is 0. The number of carbonyl (C=O) groups excluding carboxylic acids is 1. The van der Waals surface area contributed by atoms with Crippen LogP contribution in [0.15, 0.2) is 55.1 Å². The van der Waals surface area contributed by atoms with E-state index in [1.165, 1.54) is 18.3 Å². The number of amides is 1. The van der Waals surface area contributed by atoms with Gasteiger partial charge in [-0.3, -0.25) is 9.66 Å². The number of benzene rings is 1. The van der Waals surface area contributed by atoms with Crippen molar-refractivity contribution >= 4 is 17.0 Å². The molecule has 1 aromatic carbocycles. The lowest BCUT2D eigenvalue weighted by atomic mass is 10.2. The summed E-state index contributed by atoms with van der Waals surface area (Å²) in [6.07, 6.45) is 5.87. The number of nitrogens with zero attached hydrogens (tertiary/aromatic N) is 4. The number of pyridine rings is 1. The summed E-state index contributed by atoms with van der Waals surface area (Å²) in [5.41, 5.74) is 5.44. The molecule has 3 aromatic heterocycles. The Bertz CT molecular complexity index is 1190. The van der Waals surface area contributed by atoms with Crippen LogP contribution in [0.4, 0.5) is 9.18 Å². The summed E-state index contributed by atoms with van der Waals surface area (Å²) in [6, 6.07) is 7.78. The Morgan fingerprint density at radius 3 is 2.86 bits per heavy atom. The van der Waals surface area contributed by atoms with Gasteiger partial charge in [-0.05, 0) is 37.6 Å². The number of aryl methyl sites for hydroxylation is 2. The fraction of sp³-hybridized carbons (Fsp3) is 0.100. The van der Waals surface area contributed by atoms with Gasteiger partial charge in [-0.25, -0.2) is 24.6 Å². The molecule has 7 nitrogen and oxygen atoms in total. The van der Waals surface area contributed by atoms with Crippen molar-refractivity contribution in [2.45, 2.75) is 13.8 Å². The number of rotatable bonds is 3. The third-order valence-corrected chi connectivity index (χ3v) is 4.24. The molecule has 1 amide bonds. The first-order chi connectivity index (χ1) is 13.5. The molecule has 0 saturated heterocycles. The van der Waals surface area contributed by atoms with E-state index in [-0.39, 0.29) is 11.6 Å². The molecule has 0 bridgehead atoms. The summed E-state index contributed by atoms with van der Waals surface area (Å²) in [6.45, 7) is 3.62. The van der Waals surface area contributed by atoms with Crippen molar-refractivity contribution in [3.8, 4) is 17.1 Å². The second-order valence-electron chi connectivity index (χ2n) is 6.23. The van der Waals surface area contributed by atoms with Gasteiger partial charge in [0.2, 0.25) is 0 Å². The maximum absolute atomic E-state index is 13.4. The molecular weight excluding hydrogens is 361 g/mol. The molecular formula is C20H16FN5O2. The second-order valence-corrected chi connectivity index (χ2v) is 6.23. The molecule has 1 N–H and O–H groups in total. The quantitative estimate of drug-likeness (QED) is 0.584. The minimum atomic E-state index is -0.682. The van der Waals surface area contributed by atoms with Crippen LogP contribution in [0.3, 0.4) is 0 Å². The third kappa shape index (κ3) is 3.39. The minimum Gasteiger partial charge on any atom is -0.406 e. The molecule has 8 heteroatoms. The molecule has 0 aliphatic carbocycles. The first-order valence-electron chi connectivity index (χ1n) is 8.51. The van der Waals surface area contributed by atoms with Gasteiger partial charge in [-0.1, -0.05) is 12.1 Å². The molecule has 0 spiro atoms. The van der Waals surface area contributed by atoms with Crippen molar-refractivity contribution in [3.05, 3.63) is 72.2 Å². The van der Waals surface area contributed by atoms with Crippen molar-refractivity contribution in [2.75, 3.05) is 5.43 Å². The average molecular weight is 377 g/mol. The number of hydrogen-bond donors (Lipinski definition) is 1. The number of fused-ring (bicyclic) bond motifs is 1. The van der Waals surface area contributed by atoms with Crippen molar-refractivity contribution < 1.29 is 13.9 Å². The van der Waals surface area contributed by atoms with E-state index >= 15 is 0 Å². The number of nitrogens with one attached hydrogen (secondary N) is 1. The Labute approximate surface area is 159 Å². The molecule has 0 atom stereocenters. The Balaban J connectivity index is 1.53. The molecule has 28 heavy (non-hydrogen) atoms. The fourth-order valence-electron chi connectivity index (χ4n) is 2.87.